The van der Waals surface area contributed by atoms with Crippen LogP contribution in [0.2, 0.25) is 0 Å². The molecule has 2 fully saturated rings. The van der Waals surface area contributed by atoms with E-state index in [2.05, 4.69) is 20.6 Å². The van der Waals surface area contributed by atoms with E-state index in [1.165, 1.54) is 24.3 Å². The third kappa shape index (κ3) is 6.48. The summed E-state index contributed by atoms with van der Waals surface area (Å²) in [7, 11) is 0. The number of carbonyl (C=O) groups is 1. The summed E-state index contributed by atoms with van der Waals surface area (Å²) < 4.78 is 0. The van der Waals surface area contributed by atoms with Gasteiger partial charge in [0.2, 0.25) is 17.8 Å². The summed E-state index contributed by atoms with van der Waals surface area (Å²) in [5.74, 6) is 0.408. The Morgan fingerprint density at radius 2 is 1.25 bits per heavy atom. The monoisotopic (exact) mass is 549 g/mol. The molecule has 0 bridgehead atoms. The van der Waals surface area contributed by atoms with E-state index in [1.807, 2.05) is 9.80 Å². The van der Waals surface area contributed by atoms with Crippen LogP contribution in [-0.2, 0) is 0 Å². The summed E-state index contributed by atoms with van der Waals surface area (Å²) >= 11 is 0. The molecule has 0 radical (unpaired) electrons. The van der Waals surface area contributed by atoms with Gasteiger partial charge in [-0.2, -0.15) is 15.0 Å². The smallest absolute Gasteiger partial charge is 0.259 e. The van der Waals surface area contributed by atoms with E-state index in [9.17, 15) is 15.0 Å². The third-order valence-corrected chi connectivity index (χ3v) is 6.83. The van der Waals surface area contributed by atoms with Crippen molar-refractivity contribution in [2.45, 2.75) is 37.0 Å². The average molecular weight is 550 g/mol. The topological polar surface area (TPSA) is 231 Å². The number of anilines is 5. The fourth-order valence-corrected chi connectivity index (χ4v) is 5.05. The van der Waals surface area contributed by atoms with Crippen LogP contribution in [0.4, 0.5) is 29.2 Å². The van der Waals surface area contributed by atoms with Crippen LogP contribution in [0.15, 0.2) is 42.5 Å². The molecule has 3 aromatic rings. The number of nitrogens with one attached hydrogen (secondary N) is 2. The Balaban J connectivity index is 1.40. The van der Waals surface area contributed by atoms with Crippen LogP contribution in [0.1, 0.15) is 23.2 Å². The summed E-state index contributed by atoms with van der Waals surface area (Å²) in [6, 6.07) is 10.1. The van der Waals surface area contributed by atoms with E-state index < -0.39 is 5.91 Å². The highest BCUT2D eigenvalue weighted by atomic mass is 16.3. The predicted octanol–water partition coefficient (Wildman–Crippen LogP) is 0.00810. The second kappa shape index (κ2) is 11.5. The molecule has 12 N–H and O–H groups in total. The number of nitrogens with zero attached hydrogens (tertiary/aromatic N) is 5. The van der Waals surface area contributed by atoms with E-state index in [0.29, 0.717) is 62.3 Å². The Morgan fingerprint density at radius 3 is 1.75 bits per heavy atom. The number of hydrogen-bond acceptors (Lipinski definition) is 13. The quantitative estimate of drug-likeness (QED) is 0.190. The molecule has 0 saturated carbocycles. The zero-order valence-corrected chi connectivity index (χ0v) is 21.9. The lowest BCUT2D eigenvalue weighted by Crippen LogP contribution is -2.54. The van der Waals surface area contributed by atoms with Gasteiger partial charge in [-0.05, 0) is 49.2 Å². The van der Waals surface area contributed by atoms with Crippen LogP contribution in [0, 0.1) is 0 Å². The SMILES string of the molecule is N[C@@H]1C[C@H](N)CN(c2nc(Nc3ccc(C(=O)Nc4ccc(O)cc4)c(O)c3)nc(N3C[C@H](N)C[C@H](N)C3)n2)C1. The van der Waals surface area contributed by atoms with Crippen molar-refractivity contribution in [2.75, 3.05) is 46.6 Å². The number of amides is 1. The number of aromatic nitrogens is 3. The van der Waals surface area contributed by atoms with Crippen LogP contribution in [0.3, 0.4) is 0 Å². The van der Waals surface area contributed by atoms with Crippen molar-refractivity contribution in [1.82, 2.24) is 15.0 Å². The lowest BCUT2D eigenvalue weighted by Gasteiger charge is -2.37. The fraction of sp³-hybridized carbons (Fsp3) is 0.385. The molecule has 0 spiro atoms. The van der Waals surface area contributed by atoms with Crippen LogP contribution < -0.4 is 43.4 Å². The number of phenolic OH excluding ortho intramolecular Hbond substituents is 2. The highest BCUT2D eigenvalue weighted by molar-refractivity contribution is 6.06. The van der Waals surface area contributed by atoms with E-state index in [1.54, 1.807) is 18.2 Å². The maximum atomic E-state index is 12.7. The number of benzene rings is 2. The largest absolute Gasteiger partial charge is 0.508 e. The fourth-order valence-electron chi connectivity index (χ4n) is 5.05. The minimum atomic E-state index is -0.505. The molecule has 0 aliphatic carbocycles. The van der Waals surface area contributed by atoms with E-state index in [0.717, 1.165) is 0 Å². The molecule has 4 atom stereocenters. The molecule has 1 aromatic heterocycles. The Morgan fingerprint density at radius 1 is 0.750 bits per heavy atom. The van der Waals surface area contributed by atoms with Gasteiger partial charge >= 0.3 is 0 Å². The number of aromatic hydroxyl groups is 2. The van der Waals surface area contributed by atoms with Gasteiger partial charge in [-0.15, -0.1) is 0 Å². The van der Waals surface area contributed by atoms with Gasteiger partial charge in [-0.1, -0.05) is 0 Å². The molecule has 2 saturated heterocycles. The van der Waals surface area contributed by atoms with Crippen molar-refractivity contribution in [3.63, 3.8) is 0 Å². The normalized spacial score (nSPS) is 23.1. The average Bonchev–Trinajstić information content (AvgIpc) is 2.89. The van der Waals surface area contributed by atoms with E-state index in [-0.39, 0.29) is 47.2 Å². The molecule has 40 heavy (non-hydrogen) atoms. The van der Waals surface area contributed by atoms with Gasteiger partial charge in [0.05, 0.1) is 5.56 Å². The number of nitrogens with two attached hydrogens (primary N) is 4. The minimum Gasteiger partial charge on any atom is -0.508 e. The lowest BCUT2D eigenvalue weighted by atomic mass is 10.0. The Bertz CT molecular complexity index is 1290. The maximum Gasteiger partial charge on any atom is 0.259 e. The maximum absolute atomic E-state index is 12.7. The summed E-state index contributed by atoms with van der Waals surface area (Å²) in [4.78, 5) is 30.5. The molecule has 14 nitrogen and oxygen atoms in total. The predicted molar refractivity (Wildman–Crippen MR) is 153 cm³/mol. The van der Waals surface area contributed by atoms with Gasteiger partial charge in [-0.3, -0.25) is 4.79 Å². The molecule has 2 aromatic carbocycles. The van der Waals surface area contributed by atoms with Gasteiger partial charge in [0.15, 0.2) is 0 Å². The third-order valence-electron chi connectivity index (χ3n) is 6.83. The van der Waals surface area contributed by atoms with Crippen LogP contribution in [0.5, 0.6) is 11.5 Å². The molecule has 3 heterocycles. The van der Waals surface area contributed by atoms with E-state index >= 15 is 0 Å². The minimum absolute atomic E-state index is 0.0724. The standard InChI is InChI=1S/C26H35N11O3/c27-14-7-15(28)11-36(10-14)25-33-24(34-26(35-25)37-12-16(29)8-17(30)13-37)32-19-3-6-21(22(39)9-19)23(40)31-18-1-4-20(38)5-2-18/h1-6,9,14-17,38-39H,7-8,10-13,27-30H2,(H,31,40)(H,32,33,34,35)/t14-,15+,16-,17+. The summed E-state index contributed by atoms with van der Waals surface area (Å²) in [5, 5.41) is 25.9. The van der Waals surface area contributed by atoms with Crippen molar-refractivity contribution < 1.29 is 15.0 Å². The first-order valence-electron chi connectivity index (χ1n) is 13.1. The molecule has 0 unspecified atom stereocenters. The first-order valence-corrected chi connectivity index (χ1v) is 13.1. The molecule has 14 heteroatoms. The van der Waals surface area contributed by atoms with Gasteiger partial charge in [0, 0.05) is 67.8 Å². The number of piperidine rings is 2. The van der Waals surface area contributed by atoms with Gasteiger partial charge < -0.3 is 53.6 Å². The van der Waals surface area contributed by atoms with Gasteiger partial charge in [-0.25, -0.2) is 0 Å². The number of carbonyl (C=O) groups excluding carboxylic acids is 1. The molecule has 1 amide bonds. The summed E-state index contributed by atoms with van der Waals surface area (Å²) in [6.45, 7) is 2.17. The molecule has 212 valence electrons. The number of rotatable bonds is 6. The second-order valence-corrected chi connectivity index (χ2v) is 10.4. The van der Waals surface area contributed by atoms with Crippen LogP contribution in [-0.4, -0.2) is 81.4 Å². The second-order valence-electron chi connectivity index (χ2n) is 10.4. The molecule has 5 rings (SSSR count). The van der Waals surface area contributed by atoms with Crippen LogP contribution in [0.25, 0.3) is 0 Å². The Kier molecular flexibility index (Phi) is 7.84. The summed E-state index contributed by atoms with van der Waals surface area (Å²) in [6.07, 6.45) is 1.42. The van der Waals surface area contributed by atoms with Gasteiger partial charge in [0.25, 0.3) is 5.91 Å². The first kappa shape index (κ1) is 27.3. The molecular weight excluding hydrogens is 514 g/mol. The molecular formula is C26H35N11O3. The van der Waals surface area contributed by atoms with Crippen molar-refractivity contribution in [1.29, 1.82) is 0 Å². The van der Waals surface area contributed by atoms with Crippen molar-refractivity contribution in [3.05, 3.63) is 48.0 Å². The first-order chi connectivity index (χ1) is 19.1. The van der Waals surface area contributed by atoms with Crippen LogP contribution >= 0.6 is 0 Å². The lowest BCUT2D eigenvalue weighted by molar-refractivity contribution is 0.102. The Labute approximate surface area is 231 Å². The van der Waals surface area contributed by atoms with Crippen molar-refractivity contribution >= 4 is 35.1 Å². The highest BCUT2D eigenvalue weighted by Gasteiger charge is 2.29. The zero-order chi connectivity index (χ0) is 28.4. The highest BCUT2D eigenvalue weighted by Crippen LogP contribution is 2.27. The molecule has 2 aliphatic heterocycles. The Hall–Kier alpha value is -4.24. The van der Waals surface area contributed by atoms with Gasteiger partial charge in [0.1, 0.15) is 11.5 Å². The molecule has 2 aliphatic rings. The van der Waals surface area contributed by atoms with Crippen molar-refractivity contribution in [3.8, 4) is 11.5 Å². The zero-order valence-electron chi connectivity index (χ0n) is 21.9. The number of hydrogen-bond donors (Lipinski definition) is 8. The number of phenols is 2. The summed E-state index contributed by atoms with van der Waals surface area (Å²) in [5.41, 5.74) is 25.9. The van der Waals surface area contributed by atoms with E-state index in [4.69, 9.17) is 27.9 Å². The van der Waals surface area contributed by atoms with Crippen molar-refractivity contribution in [2.24, 2.45) is 22.9 Å².